The van der Waals surface area contributed by atoms with Gasteiger partial charge >= 0.3 is 5.97 Å². The van der Waals surface area contributed by atoms with E-state index in [1.807, 2.05) is 34.0 Å². The fourth-order valence-electron chi connectivity index (χ4n) is 4.48. The van der Waals surface area contributed by atoms with Crippen LogP contribution in [0.25, 0.3) is 0 Å². The van der Waals surface area contributed by atoms with Crippen LogP contribution in [-0.4, -0.2) is 39.3 Å². The molecule has 0 unspecified atom stereocenters. The molecule has 1 amide bonds. The molecule has 0 bridgehead atoms. The van der Waals surface area contributed by atoms with Crippen molar-refractivity contribution < 1.29 is 14.3 Å². The Morgan fingerprint density at radius 1 is 1.18 bits per heavy atom. The minimum Gasteiger partial charge on any atom is -0.456 e. The zero-order valence-corrected chi connectivity index (χ0v) is 20.8. The molecule has 0 radical (unpaired) electrons. The van der Waals surface area contributed by atoms with Gasteiger partial charge in [0.15, 0.2) is 11.8 Å². The van der Waals surface area contributed by atoms with Crippen molar-refractivity contribution in [2.75, 3.05) is 18.2 Å². The molecule has 3 rings (SSSR count). The summed E-state index contributed by atoms with van der Waals surface area (Å²) in [5.41, 5.74) is 4.95. The second kappa shape index (κ2) is 10.8. The molecule has 9 heteroatoms. The highest BCUT2D eigenvalue weighted by Gasteiger charge is 2.27. The summed E-state index contributed by atoms with van der Waals surface area (Å²) in [5, 5.41) is 13.2. The van der Waals surface area contributed by atoms with E-state index < -0.39 is 18.5 Å². The fraction of sp³-hybridized carbons (Fsp3) is 0.542. The van der Waals surface area contributed by atoms with Crippen LogP contribution in [0.5, 0.6) is 0 Å². The molecule has 1 aliphatic rings. The Kier molecular flexibility index (Phi) is 8.14. The zero-order chi connectivity index (χ0) is 24.1. The van der Waals surface area contributed by atoms with Crippen molar-refractivity contribution in [2.45, 2.75) is 77.4 Å². The highest BCUT2D eigenvalue weighted by molar-refractivity contribution is 7.98. The van der Waals surface area contributed by atoms with Gasteiger partial charge in [0.05, 0.1) is 5.56 Å². The molecule has 33 heavy (non-hydrogen) atoms. The molecular formula is C24H31N5O3S. The third-order valence-electron chi connectivity index (χ3n) is 6.34. The van der Waals surface area contributed by atoms with Crippen molar-refractivity contribution in [1.29, 1.82) is 5.26 Å². The van der Waals surface area contributed by atoms with E-state index in [2.05, 4.69) is 25.9 Å². The van der Waals surface area contributed by atoms with Gasteiger partial charge in [-0.1, -0.05) is 24.6 Å². The van der Waals surface area contributed by atoms with Crippen LogP contribution >= 0.6 is 11.8 Å². The number of thioether (sulfide) groups is 1. The molecule has 0 saturated heterocycles. The van der Waals surface area contributed by atoms with Crippen LogP contribution in [0.15, 0.2) is 5.16 Å². The van der Waals surface area contributed by atoms with Crippen molar-refractivity contribution in [1.82, 2.24) is 14.5 Å². The first kappa shape index (κ1) is 24.8. The van der Waals surface area contributed by atoms with Crippen LogP contribution < -0.4 is 5.32 Å². The number of nitrogens with zero attached hydrogens (tertiary/aromatic N) is 4. The maximum atomic E-state index is 12.6. The summed E-state index contributed by atoms with van der Waals surface area (Å²) in [7, 11) is 0. The van der Waals surface area contributed by atoms with E-state index in [1.165, 1.54) is 11.8 Å². The number of nitriles is 1. The standard InChI is InChI=1S/C24H31N5O3S/c1-14-17(4)29(18-8-6-7-9-18)23(20(14)12-25)28-21(30)13-32-22(31)11-10-19-15(2)26-24(33-5)27-16(19)3/h18H,6-11,13H2,1-5H3,(H,28,30). The number of amides is 1. The van der Waals surface area contributed by atoms with E-state index in [0.717, 1.165) is 53.9 Å². The van der Waals surface area contributed by atoms with E-state index in [0.29, 0.717) is 23.0 Å². The molecule has 0 aromatic carbocycles. The normalized spacial score (nSPS) is 13.7. The molecule has 1 aliphatic carbocycles. The second-order valence-corrected chi connectivity index (χ2v) is 9.20. The van der Waals surface area contributed by atoms with Gasteiger partial charge in [0.25, 0.3) is 5.91 Å². The van der Waals surface area contributed by atoms with Crippen LogP contribution in [-0.2, 0) is 20.7 Å². The number of carbonyl (C=O) groups excluding carboxylic acids is 2. The number of hydrogen-bond acceptors (Lipinski definition) is 7. The summed E-state index contributed by atoms with van der Waals surface area (Å²) < 4.78 is 7.28. The highest BCUT2D eigenvalue weighted by atomic mass is 32.2. The number of carbonyl (C=O) groups is 2. The van der Waals surface area contributed by atoms with Crippen LogP contribution in [0.4, 0.5) is 5.82 Å². The number of aryl methyl sites for hydroxylation is 2. The first-order valence-corrected chi connectivity index (χ1v) is 12.4. The van der Waals surface area contributed by atoms with E-state index in [1.54, 1.807) is 0 Å². The van der Waals surface area contributed by atoms with Crippen molar-refractivity contribution in [3.8, 4) is 6.07 Å². The molecule has 176 valence electrons. The van der Waals surface area contributed by atoms with E-state index in [-0.39, 0.29) is 12.5 Å². The number of aromatic nitrogens is 3. The predicted octanol–water partition coefficient (Wildman–Crippen LogP) is 4.33. The topological polar surface area (TPSA) is 110 Å². The molecule has 1 saturated carbocycles. The Morgan fingerprint density at radius 2 is 1.82 bits per heavy atom. The minimum absolute atomic E-state index is 0.136. The summed E-state index contributed by atoms with van der Waals surface area (Å²) in [6, 6.07) is 2.49. The lowest BCUT2D eigenvalue weighted by atomic mass is 10.1. The molecule has 2 heterocycles. The van der Waals surface area contributed by atoms with Crippen LogP contribution in [0.1, 0.15) is 71.9 Å². The van der Waals surface area contributed by atoms with Gasteiger partial charge < -0.3 is 14.6 Å². The summed E-state index contributed by atoms with van der Waals surface area (Å²) in [5.74, 6) is -0.397. The Morgan fingerprint density at radius 3 is 2.39 bits per heavy atom. The monoisotopic (exact) mass is 469 g/mol. The van der Waals surface area contributed by atoms with Crippen LogP contribution in [0.3, 0.4) is 0 Å². The van der Waals surface area contributed by atoms with Gasteiger partial charge in [0, 0.05) is 29.5 Å². The smallest absolute Gasteiger partial charge is 0.306 e. The van der Waals surface area contributed by atoms with Gasteiger partial charge in [-0.3, -0.25) is 9.59 Å². The molecule has 0 aliphatic heterocycles. The van der Waals surface area contributed by atoms with E-state index in [4.69, 9.17) is 4.74 Å². The summed E-state index contributed by atoms with van der Waals surface area (Å²) in [6.45, 7) is 7.28. The van der Waals surface area contributed by atoms with E-state index >= 15 is 0 Å². The number of hydrogen-bond donors (Lipinski definition) is 1. The number of nitrogens with one attached hydrogen (secondary N) is 1. The molecule has 8 nitrogen and oxygen atoms in total. The number of anilines is 1. The Labute approximate surface area is 199 Å². The molecule has 0 atom stereocenters. The molecule has 2 aromatic rings. The lowest BCUT2D eigenvalue weighted by molar-refractivity contribution is -0.147. The first-order chi connectivity index (χ1) is 15.8. The van der Waals surface area contributed by atoms with Gasteiger partial charge in [-0.05, 0) is 64.3 Å². The zero-order valence-electron chi connectivity index (χ0n) is 19.9. The second-order valence-electron chi connectivity index (χ2n) is 8.42. The van der Waals surface area contributed by atoms with Gasteiger partial charge in [0.1, 0.15) is 11.9 Å². The van der Waals surface area contributed by atoms with Crippen molar-refractivity contribution in [3.63, 3.8) is 0 Å². The van der Waals surface area contributed by atoms with E-state index in [9.17, 15) is 14.9 Å². The molecular weight excluding hydrogens is 438 g/mol. The Bertz CT molecular complexity index is 1070. The first-order valence-electron chi connectivity index (χ1n) is 11.2. The maximum absolute atomic E-state index is 12.6. The SMILES string of the molecule is CSc1nc(C)c(CCC(=O)OCC(=O)Nc2c(C#N)c(C)c(C)n2C2CCCC2)c(C)n1. The van der Waals surface area contributed by atoms with Crippen LogP contribution in [0.2, 0.25) is 0 Å². The van der Waals surface area contributed by atoms with Crippen molar-refractivity contribution in [2.24, 2.45) is 0 Å². The van der Waals surface area contributed by atoms with Gasteiger partial charge in [-0.25, -0.2) is 9.97 Å². The maximum Gasteiger partial charge on any atom is 0.306 e. The third-order valence-corrected chi connectivity index (χ3v) is 6.89. The average molecular weight is 470 g/mol. The van der Waals surface area contributed by atoms with Gasteiger partial charge in [0.2, 0.25) is 0 Å². The lowest BCUT2D eigenvalue weighted by Crippen LogP contribution is -2.24. The molecule has 0 spiro atoms. The van der Waals surface area contributed by atoms with Crippen molar-refractivity contribution in [3.05, 3.63) is 33.8 Å². The summed E-state index contributed by atoms with van der Waals surface area (Å²) in [4.78, 5) is 33.7. The largest absolute Gasteiger partial charge is 0.456 e. The molecule has 2 aromatic heterocycles. The lowest BCUT2D eigenvalue weighted by Gasteiger charge is -2.19. The number of esters is 1. The fourth-order valence-corrected chi connectivity index (χ4v) is 4.94. The third kappa shape index (κ3) is 5.56. The highest BCUT2D eigenvalue weighted by Crippen LogP contribution is 2.37. The summed E-state index contributed by atoms with van der Waals surface area (Å²) >= 11 is 1.48. The number of rotatable bonds is 8. The number of ether oxygens (including phenoxy) is 1. The predicted molar refractivity (Wildman–Crippen MR) is 127 cm³/mol. The van der Waals surface area contributed by atoms with Gasteiger partial charge in [-0.15, -0.1) is 0 Å². The molecule has 1 N–H and O–H groups in total. The van der Waals surface area contributed by atoms with Crippen molar-refractivity contribution >= 4 is 29.5 Å². The quantitative estimate of drug-likeness (QED) is 0.348. The summed E-state index contributed by atoms with van der Waals surface area (Å²) in [6.07, 6.45) is 6.83. The minimum atomic E-state index is -0.461. The Balaban J connectivity index is 1.60. The Hall–Kier alpha value is -2.86. The van der Waals surface area contributed by atoms with Crippen LogP contribution in [0, 0.1) is 39.0 Å². The van der Waals surface area contributed by atoms with Gasteiger partial charge in [-0.2, -0.15) is 5.26 Å². The average Bonchev–Trinajstić information content (AvgIpc) is 3.38. The molecule has 1 fully saturated rings.